The molecule has 0 aliphatic rings. The molecule has 0 unspecified atom stereocenters. The van der Waals surface area contributed by atoms with Gasteiger partial charge >= 0.3 is 0 Å². The van der Waals surface area contributed by atoms with Crippen LogP contribution in [0.3, 0.4) is 0 Å². The molecule has 0 radical (unpaired) electrons. The number of sulfonamides is 1. The normalized spacial score (nSPS) is 11.6. The van der Waals surface area contributed by atoms with Gasteiger partial charge in [-0.2, -0.15) is 0 Å². The lowest BCUT2D eigenvalue weighted by atomic mass is 10.0. The van der Waals surface area contributed by atoms with Crippen LogP contribution in [0.4, 0.5) is 5.82 Å². The number of nitrogens with zero attached hydrogens (tertiary/aromatic N) is 2. The first kappa shape index (κ1) is 23.5. The van der Waals surface area contributed by atoms with Gasteiger partial charge in [-0.1, -0.05) is 63.6 Å². The smallest absolute Gasteiger partial charge is 0.268 e. The van der Waals surface area contributed by atoms with Crippen molar-refractivity contribution >= 4 is 31.8 Å². The molecule has 0 aliphatic carbocycles. The van der Waals surface area contributed by atoms with E-state index in [-0.39, 0.29) is 24.1 Å². The van der Waals surface area contributed by atoms with E-state index in [9.17, 15) is 8.42 Å². The van der Waals surface area contributed by atoms with Crippen LogP contribution in [0.25, 0.3) is 11.1 Å². The van der Waals surface area contributed by atoms with Crippen molar-refractivity contribution in [3.05, 3.63) is 65.4 Å². The van der Waals surface area contributed by atoms with Gasteiger partial charge in [0.25, 0.3) is 10.0 Å². The molecule has 0 N–H and O–H groups in total. The van der Waals surface area contributed by atoms with Gasteiger partial charge in [0.15, 0.2) is 5.82 Å². The van der Waals surface area contributed by atoms with E-state index >= 15 is 0 Å². The van der Waals surface area contributed by atoms with Crippen molar-refractivity contribution in [3.8, 4) is 11.1 Å². The number of hydrogen-bond acceptors (Lipinski definition) is 6. The number of ether oxygens (including phenoxy) is 2. The van der Waals surface area contributed by atoms with Crippen LogP contribution in [-0.2, 0) is 24.8 Å². The van der Waals surface area contributed by atoms with Crippen molar-refractivity contribution < 1.29 is 22.4 Å². The third-order valence-electron chi connectivity index (χ3n) is 4.88. The second-order valence-electron chi connectivity index (χ2n) is 6.90. The van der Waals surface area contributed by atoms with Crippen molar-refractivity contribution in [1.82, 2.24) is 5.16 Å². The van der Waals surface area contributed by atoms with Gasteiger partial charge in [0.05, 0.1) is 18.1 Å². The van der Waals surface area contributed by atoms with E-state index in [1.807, 2.05) is 30.3 Å². The molecule has 0 saturated heterocycles. The zero-order chi connectivity index (χ0) is 22.4. The summed E-state index contributed by atoms with van der Waals surface area (Å²) in [5.74, 6) is 0.755. The molecule has 0 saturated carbocycles. The molecule has 1 aromatic heterocycles. The topological polar surface area (TPSA) is 81.9 Å². The lowest BCUT2D eigenvalue weighted by Gasteiger charge is -2.23. The minimum atomic E-state index is -4.01. The third kappa shape index (κ3) is 5.17. The molecule has 166 valence electrons. The number of aromatic nitrogens is 1. The Morgan fingerprint density at radius 3 is 2.39 bits per heavy atom. The van der Waals surface area contributed by atoms with Crippen LogP contribution >= 0.6 is 15.9 Å². The van der Waals surface area contributed by atoms with Crippen LogP contribution in [0.15, 0.2) is 57.9 Å². The highest BCUT2D eigenvalue weighted by Crippen LogP contribution is 2.33. The average Bonchev–Trinajstić information content (AvgIpc) is 3.11. The zero-order valence-electron chi connectivity index (χ0n) is 17.7. The number of rotatable bonds is 10. The first-order chi connectivity index (χ1) is 14.9. The Morgan fingerprint density at radius 1 is 1.06 bits per heavy atom. The number of halogens is 1. The molecule has 3 aromatic rings. The Kier molecular flexibility index (Phi) is 7.88. The lowest BCUT2D eigenvalue weighted by molar-refractivity contribution is 0.0753. The SMILES string of the molecule is COCCOCN(c1noc(C)c1C)S(=O)(=O)c1ccccc1-c1ccc(CBr)cc1. The maximum Gasteiger partial charge on any atom is 0.268 e. The van der Waals surface area contributed by atoms with E-state index in [2.05, 4.69) is 21.1 Å². The number of hydrogen-bond donors (Lipinski definition) is 0. The molecule has 3 rings (SSSR count). The fourth-order valence-electron chi connectivity index (χ4n) is 2.99. The zero-order valence-corrected chi connectivity index (χ0v) is 20.1. The van der Waals surface area contributed by atoms with Crippen LogP contribution in [-0.4, -0.2) is 40.6 Å². The monoisotopic (exact) mass is 508 g/mol. The summed E-state index contributed by atoms with van der Waals surface area (Å²) in [7, 11) is -2.45. The van der Waals surface area contributed by atoms with Gasteiger partial charge in [-0.05, 0) is 31.0 Å². The number of methoxy groups -OCH3 is 1. The van der Waals surface area contributed by atoms with Gasteiger partial charge in [-0.25, -0.2) is 12.7 Å². The Morgan fingerprint density at radius 2 is 1.77 bits per heavy atom. The summed E-state index contributed by atoms with van der Waals surface area (Å²) >= 11 is 3.43. The van der Waals surface area contributed by atoms with Gasteiger partial charge < -0.3 is 14.0 Å². The largest absolute Gasteiger partial charge is 0.382 e. The second-order valence-corrected chi connectivity index (χ2v) is 9.29. The highest BCUT2D eigenvalue weighted by atomic mass is 79.9. The summed E-state index contributed by atoms with van der Waals surface area (Å²) in [5.41, 5.74) is 3.14. The second kappa shape index (κ2) is 10.4. The van der Waals surface area contributed by atoms with Gasteiger partial charge in [0.2, 0.25) is 0 Å². The summed E-state index contributed by atoms with van der Waals surface area (Å²) in [6, 6.07) is 14.7. The van der Waals surface area contributed by atoms with Crippen LogP contribution < -0.4 is 4.31 Å². The van der Waals surface area contributed by atoms with E-state index in [1.165, 1.54) is 0 Å². The summed E-state index contributed by atoms with van der Waals surface area (Å²) in [5, 5.41) is 4.71. The molecule has 0 bridgehead atoms. The number of aryl methyl sites for hydroxylation is 1. The summed E-state index contributed by atoms with van der Waals surface area (Å²) < 4.78 is 44.5. The molecule has 0 amide bonds. The number of anilines is 1. The van der Waals surface area contributed by atoms with E-state index in [0.29, 0.717) is 23.5 Å². The van der Waals surface area contributed by atoms with Crippen molar-refractivity contribution in [1.29, 1.82) is 0 Å². The summed E-state index contributed by atoms with van der Waals surface area (Å²) in [4.78, 5) is 0.164. The van der Waals surface area contributed by atoms with Crippen LogP contribution in [0.1, 0.15) is 16.9 Å². The number of benzene rings is 2. The fourth-order valence-corrected chi connectivity index (χ4v) is 4.93. The van der Waals surface area contributed by atoms with Crippen molar-refractivity contribution in [2.24, 2.45) is 0 Å². The standard InChI is InChI=1S/C22H25BrN2O5S/c1-16-17(2)30-24-22(16)25(15-29-13-12-28-3)31(26,27)21-7-5-4-6-20(21)19-10-8-18(14-23)9-11-19/h4-11H,12-15H2,1-3H3. The van der Waals surface area contributed by atoms with Crippen molar-refractivity contribution in [3.63, 3.8) is 0 Å². The van der Waals surface area contributed by atoms with E-state index in [0.717, 1.165) is 20.8 Å². The minimum absolute atomic E-state index is 0.164. The maximum absolute atomic E-state index is 13.8. The quantitative estimate of drug-likeness (QED) is 0.225. The summed E-state index contributed by atoms with van der Waals surface area (Å²) in [6.45, 7) is 3.89. The predicted octanol–water partition coefficient (Wildman–Crippen LogP) is 4.67. The average molecular weight is 509 g/mol. The van der Waals surface area contributed by atoms with Gasteiger partial charge in [0, 0.05) is 23.6 Å². The van der Waals surface area contributed by atoms with Crippen LogP contribution in [0, 0.1) is 13.8 Å². The van der Waals surface area contributed by atoms with Crippen molar-refractivity contribution in [2.75, 3.05) is 31.4 Å². The number of alkyl halides is 1. The fraction of sp³-hybridized carbons (Fsp3) is 0.318. The molecule has 0 spiro atoms. The van der Waals surface area contributed by atoms with Crippen LogP contribution in [0.5, 0.6) is 0 Å². The minimum Gasteiger partial charge on any atom is -0.382 e. The Hall–Kier alpha value is -2.20. The Labute approximate surface area is 191 Å². The van der Waals surface area contributed by atoms with E-state index < -0.39 is 10.0 Å². The van der Waals surface area contributed by atoms with Crippen molar-refractivity contribution in [2.45, 2.75) is 24.1 Å². The molecule has 0 atom stereocenters. The van der Waals surface area contributed by atoms with E-state index in [4.69, 9.17) is 14.0 Å². The molecule has 1 heterocycles. The van der Waals surface area contributed by atoms with Gasteiger partial charge in [-0.3, -0.25) is 0 Å². The molecule has 7 nitrogen and oxygen atoms in total. The molecule has 0 fully saturated rings. The molecule has 2 aromatic carbocycles. The Balaban J connectivity index is 2.06. The lowest BCUT2D eigenvalue weighted by Crippen LogP contribution is -2.35. The highest BCUT2D eigenvalue weighted by Gasteiger charge is 2.31. The third-order valence-corrected chi connectivity index (χ3v) is 7.30. The molecular formula is C22H25BrN2O5S. The highest BCUT2D eigenvalue weighted by molar-refractivity contribution is 9.08. The first-order valence-electron chi connectivity index (χ1n) is 9.66. The molecule has 0 aliphatic heterocycles. The molecule has 9 heteroatoms. The summed E-state index contributed by atoms with van der Waals surface area (Å²) in [6.07, 6.45) is 0. The maximum atomic E-state index is 13.8. The van der Waals surface area contributed by atoms with Gasteiger partial charge in [0.1, 0.15) is 12.5 Å². The first-order valence-corrected chi connectivity index (χ1v) is 12.2. The van der Waals surface area contributed by atoms with Gasteiger partial charge in [-0.15, -0.1) is 0 Å². The molecular weight excluding hydrogens is 484 g/mol. The Bertz CT molecular complexity index is 1110. The van der Waals surface area contributed by atoms with E-state index in [1.54, 1.807) is 39.2 Å². The molecule has 31 heavy (non-hydrogen) atoms. The van der Waals surface area contributed by atoms with Crippen LogP contribution in [0.2, 0.25) is 0 Å². The predicted molar refractivity (Wildman–Crippen MR) is 123 cm³/mol.